The number of halogens is 2. The van der Waals surface area contributed by atoms with Crippen LogP contribution in [-0.4, -0.2) is 14.2 Å². The Labute approximate surface area is 250 Å². The fourth-order valence-electron chi connectivity index (χ4n) is 6.42. The van der Waals surface area contributed by atoms with Crippen molar-refractivity contribution in [3.05, 3.63) is 134 Å². The number of hydrogen-bond donors (Lipinski definition) is 0. The summed E-state index contributed by atoms with van der Waals surface area (Å²) in [5.41, 5.74) is 7.70. The molecule has 1 aliphatic heterocycles. The van der Waals surface area contributed by atoms with Gasteiger partial charge in [0.05, 0.1) is 0 Å². The van der Waals surface area contributed by atoms with Gasteiger partial charge in [-0.25, -0.2) is 0 Å². The van der Waals surface area contributed by atoms with Gasteiger partial charge in [0.25, 0.3) is 0 Å². The summed E-state index contributed by atoms with van der Waals surface area (Å²) in [6, 6.07) is 30.5. The van der Waals surface area contributed by atoms with Gasteiger partial charge in [0.15, 0.2) is 0 Å². The average Bonchev–Trinajstić information content (AvgIpc) is 3.56. The molecule has 0 amide bonds. The van der Waals surface area contributed by atoms with E-state index in [1.54, 1.807) is 0 Å². The van der Waals surface area contributed by atoms with Gasteiger partial charge in [-0.1, -0.05) is 0 Å². The van der Waals surface area contributed by atoms with E-state index in [0.29, 0.717) is 0 Å². The summed E-state index contributed by atoms with van der Waals surface area (Å²) in [5, 5.41) is 0. The number of allylic oxidation sites excluding steroid dienone is 2. The van der Waals surface area contributed by atoms with Gasteiger partial charge in [-0.15, -0.1) is 0 Å². The first kappa shape index (κ1) is 25.4. The van der Waals surface area contributed by atoms with Crippen molar-refractivity contribution in [3.63, 3.8) is 0 Å². The molecule has 4 aromatic carbocycles. The quantitative estimate of drug-likeness (QED) is 0.209. The Balaban J connectivity index is 1.59. The first-order chi connectivity index (χ1) is 18.6. The third-order valence-electron chi connectivity index (χ3n) is 8.01. The molecule has 0 saturated carbocycles. The van der Waals surface area contributed by atoms with E-state index >= 15 is 0 Å². The minimum absolute atomic E-state index is 0.0640. The summed E-state index contributed by atoms with van der Waals surface area (Å²) in [6.45, 7) is 0. The summed E-state index contributed by atoms with van der Waals surface area (Å²) in [4.78, 5) is 2.52. The SMILES string of the molecule is C[O][Zr]1([O]C)[C]2=Cc3c(ccc(Br)c3C2c2ccccc2)Sc2ccc(Br)c3c2C=[C]1C3c1ccccc1. The molecule has 0 saturated heterocycles. The first-order valence-electron chi connectivity index (χ1n) is 12.5. The molecule has 4 aromatic rings. The van der Waals surface area contributed by atoms with Crippen molar-refractivity contribution in [1.82, 2.24) is 0 Å². The van der Waals surface area contributed by atoms with Gasteiger partial charge < -0.3 is 0 Å². The van der Waals surface area contributed by atoms with Crippen LogP contribution in [0, 0.1) is 0 Å². The predicted molar refractivity (Wildman–Crippen MR) is 159 cm³/mol. The molecule has 0 radical (unpaired) electrons. The van der Waals surface area contributed by atoms with E-state index in [0.717, 1.165) is 8.95 Å². The molecule has 6 heteroatoms. The third-order valence-corrected chi connectivity index (χ3v) is 19.2. The van der Waals surface area contributed by atoms with Crippen LogP contribution in [0.4, 0.5) is 0 Å². The van der Waals surface area contributed by atoms with E-state index in [1.807, 2.05) is 26.0 Å². The Bertz CT molecular complexity index is 1530. The van der Waals surface area contributed by atoms with Crippen molar-refractivity contribution in [2.24, 2.45) is 0 Å². The normalized spacial score (nSPS) is 20.2. The molecule has 2 atom stereocenters. The number of benzene rings is 4. The van der Waals surface area contributed by atoms with Crippen LogP contribution in [-0.2, 0) is 26.8 Å². The summed E-state index contributed by atoms with van der Waals surface area (Å²) < 4.78 is 18.4. The molecule has 1 heterocycles. The fourth-order valence-corrected chi connectivity index (χ4v) is 17.2. The van der Waals surface area contributed by atoms with E-state index in [2.05, 4.69) is 129 Å². The number of hydrogen-bond acceptors (Lipinski definition) is 3. The van der Waals surface area contributed by atoms with Crippen LogP contribution in [0.5, 0.6) is 0 Å². The van der Waals surface area contributed by atoms with Gasteiger partial charge in [-0.3, -0.25) is 0 Å². The zero-order chi connectivity index (χ0) is 26.0. The Kier molecular flexibility index (Phi) is 6.58. The average molecular weight is 724 g/mol. The van der Waals surface area contributed by atoms with Gasteiger partial charge >= 0.3 is 252 Å². The monoisotopic (exact) mass is 720 g/mol. The van der Waals surface area contributed by atoms with Crippen molar-refractivity contribution in [2.75, 3.05) is 14.2 Å². The van der Waals surface area contributed by atoms with Gasteiger partial charge in [-0.2, -0.15) is 0 Å². The van der Waals surface area contributed by atoms with E-state index in [4.69, 9.17) is 5.63 Å². The Morgan fingerprint density at radius 3 is 1.42 bits per heavy atom. The second-order valence-electron chi connectivity index (χ2n) is 9.76. The van der Waals surface area contributed by atoms with Crippen LogP contribution in [0.25, 0.3) is 12.2 Å². The Morgan fingerprint density at radius 1 is 0.605 bits per heavy atom. The van der Waals surface area contributed by atoms with Gasteiger partial charge in [-0.05, 0) is 0 Å². The van der Waals surface area contributed by atoms with Crippen molar-refractivity contribution in [2.45, 2.75) is 21.6 Å². The molecule has 2 unspecified atom stereocenters. The Morgan fingerprint density at radius 2 is 1.03 bits per heavy atom. The summed E-state index contributed by atoms with van der Waals surface area (Å²) >= 11 is 5.55. The molecule has 0 N–H and O–H groups in total. The van der Waals surface area contributed by atoms with Crippen LogP contribution < -0.4 is 0 Å². The zero-order valence-corrected chi connectivity index (χ0v) is 27.3. The van der Waals surface area contributed by atoms with E-state index in [9.17, 15) is 0 Å². The fraction of sp³-hybridized carbons (Fsp3) is 0.125. The maximum absolute atomic E-state index is 6.77. The molecule has 4 bridgehead atoms. The predicted octanol–water partition coefficient (Wildman–Crippen LogP) is 9.63. The third kappa shape index (κ3) is 3.68. The molecule has 0 fully saturated rings. The topological polar surface area (TPSA) is 18.5 Å². The summed E-state index contributed by atoms with van der Waals surface area (Å²) in [5.74, 6) is 0.128. The Hall–Kier alpha value is -1.53. The molecule has 3 aliphatic rings. The molecule has 2 nitrogen and oxygen atoms in total. The second kappa shape index (κ2) is 9.83. The number of rotatable bonds is 4. The van der Waals surface area contributed by atoms with E-state index < -0.39 is 21.1 Å². The van der Waals surface area contributed by atoms with Crippen LogP contribution in [0.2, 0.25) is 0 Å². The second-order valence-corrected chi connectivity index (χ2v) is 20.4. The van der Waals surface area contributed by atoms with Crippen LogP contribution in [0.1, 0.15) is 45.2 Å². The maximum atomic E-state index is 6.77. The van der Waals surface area contributed by atoms with Gasteiger partial charge in [0, 0.05) is 0 Å². The molecule has 0 spiro atoms. The molecule has 38 heavy (non-hydrogen) atoms. The van der Waals surface area contributed by atoms with Crippen molar-refractivity contribution in [3.8, 4) is 0 Å². The summed E-state index contributed by atoms with van der Waals surface area (Å²) in [6.07, 6.45) is 4.82. The van der Waals surface area contributed by atoms with Crippen molar-refractivity contribution in [1.29, 1.82) is 0 Å². The standard InChI is InChI=1S/C30H18Br2S.2CH3O.Zr/c31-25-15-17-27(23-13-11-21(29(23)25)19-7-3-1-4-8-19)33-28-18-16-26(32)30-22(12-14-24(28)30)20-9-5-2-6-10-20;2*1-2;/h1-10,13-18,21-22H;2*1H3;/q;2*-1;+2. The summed E-state index contributed by atoms with van der Waals surface area (Å²) in [7, 11) is 3.73. The molecule has 0 aromatic heterocycles. The molecular formula is C32H24Br2O2SZr. The van der Waals surface area contributed by atoms with Crippen molar-refractivity contribution < 1.29 is 26.8 Å². The first-order valence-corrected chi connectivity index (χ1v) is 19.4. The van der Waals surface area contributed by atoms with Crippen LogP contribution in [0.15, 0.2) is 110 Å². The molecule has 188 valence electrons. The van der Waals surface area contributed by atoms with Gasteiger partial charge in [0.1, 0.15) is 0 Å². The van der Waals surface area contributed by atoms with E-state index in [-0.39, 0.29) is 11.8 Å². The van der Waals surface area contributed by atoms with Crippen LogP contribution in [0.3, 0.4) is 0 Å². The molecular weight excluding hydrogens is 699 g/mol. The molecule has 2 aliphatic carbocycles. The zero-order valence-electron chi connectivity index (χ0n) is 20.9. The van der Waals surface area contributed by atoms with Gasteiger partial charge in [0.2, 0.25) is 0 Å². The van der Waals surface area contributed by atoms with Crippen molar-refractivity contribution >= 4 is 55.8 Å². The van der Waals surface area contributed by atoms with Crippen LogP contribution >= 0.6 is 43.6 Å². The molecule has 7 rings (SSSR count). The van der Waals surface area contributed by atoms with E-state index in [1.165, 1.54) is 49.7 Å². The minimum atomic E-state index is -4.19.